The SMILES string of the molecule is CCc1ccc(S(=O)(=O)Nc2ccc(C)cc2OC)cc1. The normalized spacial score (nSPS) is 11.2. The van der Waals surface area contributed by atoms with E-state index in [2.05, 4.69) is 4.72 Å². The maximum atomic E-state index is 12.4. The Morgan fingerprint density at radius 1 is 1.10 bits per heavy atom. The Kier molecular flexibility index (Phi) is 4.53. The van der Waals surface area contributed by atoms with Crippen molar-refractivity contribution in [2.75, 3.05) is 11.8 Å². The van der Waals surface area contributed by atoms with Gasteiger partial charge in [-0.1, -0.05) is 25.1 Å². The monoisotopic (exact) mass is 305 g/mol. The molecule has 0 fully saturated rings. The van der Waals surface area contributed by atoms with Crippen LogP contribution in [0.4, 0.5) is 5.69 Å². The van der Waals surface area contributed by atoms with Crippen LogP contribution in [0, 0.1) is 6.92 Å². The van der Waals surface area contributed by atoms with Crippen LogP contribution < -0.4 is 9.46 Å². The van der Waals surface area contributed by atoms with Gasteiger partial charge in [0.2, 0.25) is 0 Å². The molecule has 0 atom stereocenters. The van der Waals surface area contributed by atoms with Crippen LogP contribution in [0.1, 0.15) is 18.1 Å². The van der Waals surface area contributed by atoms with Crippen LogP contribution in [-0.4, -0.2) is 15.5 Å². The summed E-state index contributed by atoms with van der Waals surface area (Å²) in [5, 5.41) is 0. The van der Waals surface area contributed by atoms with Crippen molar-refractivity contribution in [2.45, 2.75) is 25.2 Å². The molecule has 0 aliphatic carbocycles. The molecule has 5 heteroatoms. The minimum absolute atomic E-state index is 0.238. The molecular formula is C16H19NO3S. The summed E-state index contributed by atoms with van der Waals surface area (Å²) < 4.78 is 32.6. The third-order valence-electron chi connectivity index (χ3n) is 3.24. The number of hydrogen-bond donors (Lipinski definition) is 1. The highest BCUT2D eigenvalue weighted by atomic mass is 32.2. The Morgan fingerprint density at radius 2 is 1.76 bits per heavy atom. The minimum Gasteiger partial charge on any atom is -0.495 e. The average Bonchev–Trinajstić information content (AvgIpc) is 2.49. The van der Waals surface area contributed by atoms with Crippen LogP contribution >= 0.6 is 0 Å². The first-order valence-electron chi connectivity index (χ1n) is 6.72. The lowest BCUT2D eigenvalue weighted by Crippen LogP contribution is -2.13. The second-order valence-electron chi connectivity index (χ2n) is 4.81. The number of aryl methyl sites for hydroxylation is 2. The van der Waals surface area contributed by atoms with Gasteiger partial charge in [0.05, 0.1) is 17.7 Å². The number of methoxy groups -OCH3 is 1. The first-order chi connectivity index (χ1) is 9.96. The summed E-state index contributed by atoms with van der Waals surface area (Å²) in [4.78, 5) is 0.238. The standard InChI is InChI=1S/C16H19NO3S/c1-4-13-6-8-14(9-7-13)21(18,19)17-15-10-5-12(2)11-16(15)20-3/h5-11,17H,4H2,1-3H3. The van der Waals surface area contributed by atoms with Crippen LogP contribution in [0.2, 0.25) is 0 Å². The Morgan fingerprint density at radius 3 is 2.33 bits per heavy atom. The molecule has 0 spiro atoms. The summed E-state index contributed by atoms with van der Waals surface area (Å²) in [7, 11) is -2.10. The molecule has 112 valence electrons. The predicted octanol–water partition coefficient (Wildman–Crippen LogP) is 3.37. The molecule has 0 saturated carbocycles. The lowest BCUT2D eigenvalue weighted by molar-refractivity contribution is 0.416. The Hall–Kier alpha value is -2.01. The number of sulfonamides is 1. The van der Waals surface area contributed by atoms with E-state index in [1.54, 1.807) is 24.3 Å². The van der Waals surface area contributed by atoms with E-state index in [1.807, 2.05) is 32.0 Å². The molecular weight excluding hydrogens is 286 g/mol. The van der Waals surface area contributed by atoms with Crippen LogP contribution in [-0.2, 0) is 16.4 Å². The van der Waals surface area contributed by atoms with E-state index in [0.29, 0.717) is 11.4 Å². The lowest BCUT2D eigenvalue weighted by atomic mass is 10.2. The van der Waals surface area contributed by atoms with Crippen molar-refractivity contribution in [2.24, 2.45) is 0 Å². The number of anilines is 1. The summed E-state index contributed by atoms with van der Waals surface area (Å²) in [5.41, 5.74) is 2.53. The maximum absolute atomic E-state index is 12.4. The first-order valence-corrected chi connectivity index (χ1v) is 8.21. The summed E-state index contributed by atoms with van der Waals surface area (Å²) in [6, 6.07) is 12.2. The predicted molar refractivity (Wildman–Crippen MR) is 84.4 cm³/mol. The van der Waals surface area contributed by atoms with E-state index in [0.717, 1.165) is 17.5 Å². The topological polar surface area (TPSA) is 55.4 Å². The Bertz CT molecular complexity index is 722. The molecule has 0 aliphatic heterocycles. The van der Waals surface area contributed by atoms with Gasteiger partial charge in [-0.15, -0.1) is 0 Å². The van der Waals surface area contributed by atoms with Crippen molar-refractivity contribution in [3.05, 3.63) is 53.6 Å². The van der Waals surface area contributed by atoms with Crippen molar-refractivity contribution < 1.29 is 13.2 Å². The molecule has 0 heterocycles. The second-order valence-corrected chi connectivity index (χ2v) is 6.49. The molecule has 0 aliphatic rings. The summed E-state index contributed by atoms with van der Waals surface area (Å²) in [6.07, 6.45) is 0.875. The van der Waals surface area contributed by atoms with Crippen LogP contribution in [0.3, 0.4) is 0 Å². The first kappa shape index (κ1) is 15.4. The molecule has 0 saturated heterocycles. The number of ether oxygens (including phenoxy) is 1. The lowest BCUT2D eigenvalue weighted by Gasteiger charge is -2.12. The van der Waals surface area contributed by atoms with Crippen LogP contribution in [0.25, 0.3) is 0 Å². The molecule has 0 unspecified atom stereocenters. The van der Waals surface area contributed by atoms with Gasteiger partial charge in [0, 0.05) is 0 Å². The fourth-order valence-corrected chi connectivity index (χ4v) is 3.06. The van der Waals surface area contributed by atoms with Crippen molar-refractivity contribution in [1.82, 2.24) is 0 Å². The molecule has 0 bridgehead atoms. The number of nitrogens with one attached hydrogen (secondary N) is 1. The zero-order chi connectivity index (χ0) is 15.5. The molecule has 1 N–H and O–H groups in total. The number of hydrogen-bond acceptors (Lipinski definition) is 3. The van der Waals surface area contributed by atoms with Gasteiger partial charge in [0.15, 0.2) is 0 Å². The van der Waals surface area contributed by atoms with E-state index < -0.39 is 10.0 Å². The molecule has 2 aromatic carbocycles. The van der Waals surface area contributed by atoms with Gasteiger partial charge in [-0.2, -0.15) is 0 Å². The highest BCUT2D eigenvalue weighted by molar-refractivity contribution is 7.92. The van der Waals surface area contributed by atoms with Crippen molar-refractivity contribution >= 4 is 15.7 Å². The van der Waals surface area contributed by atoms with Gasteiger partial charge in [-0.3, -0.25) is 4.72 Å². The van der Waals surface area contributed by atoms with E-state index in [4.69, 9.17) is 4.74 Å². The van der Waals surface area contributed by atoms with Crippen LogP contribution in [0.5, 0.6) is 5.75 Å². The van der Waals surface area contributed by atoms with Crippen molar-refractivity contribution in [3.63, 3.8) is 0 Å². The highest BCUT2D eigenvalue weighted by Crippen LogP contribution is 2.27. The third-order valence-corrected chi connectivity index (χ3v) is 4.62. The van der Waals surface area contributed by atoms with Crippen molar-refractivity contribution in [3.8, 4) is 5.75 Å². The van der Waals surface area contributed by atoms with Gasteiger partial charge >= 0.3 is 0 Å². The number of rotatable bonds is 5. The Balaban J connectivity index is 2.32. The summed E-state index contributed by atoms with van der Waals surface area (Å²) in [5.74, 6) is 0.503. The second kappa shape index (κ2) is 6.18. The van der Waals surface area contributed by atoms with Crippen LogP contribution in [0.15, 0.2) is 47.4 Å². The Labute approximate surface area is 125 Å². The fourth-order valence-electron chi connectivity index (χ4n) is 1.99. The number of benzene rings is 2. The fraction of sp³-hybridized carbons (Fsp3) is 0.250. The zero-order valence-corrected chi connectivity index (χ0v) is 13.2. The summed E-state index contributed by atoms with van der Waals surface area (Å²) >= 11 is 0. The van der Waals surface area contributed by atoms with Gasteiger partial charge in [0.1, 0.15) is 5.75 Å². The highest BCUT2D eigenvalue weighted by Gasteiger charge is 2.16. The largest absolute Gasteiger partial charge is 0.495 e. The van der Waals surface area contributed by atoms with E-state index in [9.17, 15) is 8.42 Å². The maximum Gasteiger partial charge on any atom is 0.262 e. The molecule has 2 rings (SSSR count). The van der Waals surface area contributed by atoms with E-state index >= 15 is 0 Å². The molecule has 0 radical (unpaired) electrons. The van der Waals surface area contributed by atoms with E-state index in [1.165, 1.54) is 7.11 Å². The average molecular weight is 305 g/mol. The van der Waals surface area contributed by atoms with E-state index in [-0.39, 0.29) is 4.90 Å². The minimum atomic E-state index is -3.61. The van der Waals surface area contributed by atoms with Gasteiger partial charge in [-0.05, 0) is 48.7 Å². The van der Waals surface area contributed by atoms with Gasteiger partial charge in [-0.25, -0.2) is 8.42 Å². The smallest absolute Gasteiger partial charge is 0.262 e. The molecule has 2 aromatic rings. The quantitative estimate of drug-likeness (QED) is 0.921. The molecule has 21 heavy (non-hydrogen) atoms. The van der Waals surface area contributed by atoms with Gasteiger partial charge < -0.3 is 4.74 Å². The van der Waals surface area contributed by atoms with Gasteiger partial charge in [0.25, 0.3) is 10.0 Å². The molecule has 4 nitrogen and oxygen atoms in total. The third kappa shape index (κ3) is 3.55. The molecule has 0 amide bonds. The molecule has 0 aromatic heterocycles. The summed E-state index contributed by atoms with van der Waals surface area (Å²) in [6.45, 7) is 3.95. The zero-order valence-electron chi connectivity index (χ0n) is 12.4. The van der Waals surface area contributed by atoms with Crippen molar-refractivity contribution in [1.29, 1.82) is 0 Å².